The van der Waals surface area contributed by atoms with Crippen molar-refractivity contribution in [3.05, 3.63) is 66.0 Å². The van der Waals surface area contributed by atoms with Gasteiger partial charge in [0.15, 0.2) is 0 Å². The smallest absolute Gasteiger partial charge is 0.251 e. The van der Waals surface area contributed by atoms with Gasteiger partial charge in [0.1, 0.15) is 0 Å². The largest absolute Gasteiger partial charge is 0.352 e. The molecule has 4 heteroatoms. The summed E-state index contributed by atoms with van der Waals surface area (Å²) < 4.78 is 2.13. The molecule has 0 bridgehead atoms. The maximum absolute atomic E-state index is 12.2. The molecule has 3 rings (SSSR count). The number of unbranched alkanes of at least 4 members (excludes halogenated alkanes) is 1. The van der Waals surface area contributed by atoms with Crippen molar-refractivity contribution in [2.45, 2.75) is 39.2 Å². The fraction of sp³-hybridized carbons (Fsp3) is 0.333. The van der Waals surface area contributed by atoms with E-state index in [-0.39, 0.29) is 5.91 Å². The lowest BCUT2D eigenvalue weighted by Gasteiger charge is -2.07. The number of nitrogens with one attached hydrogen (secondary N) is 1. The van der Waals surface area contributed by atoms with Crippen LogP contribution in [0.15, 0.2) is 54.9 Å². The number of hydrogen-bond acceptors (Lipinski definition) is 2. The average Bonchev–Trinajstić information content (AvgIpc) is 3.07. The molecule has 130 valence electrons. The van der Waals surface area contributed by atoms with Gasteiger partial charge in [-0.15, -0.1) is 0 Å². The molecular formula is C21H25N3O. The number of nitrogens with zero attached hydrogens (tertiary/aromatic N) is 2. The van der Waals surface area contributed by atoms with E-state index in [4.69, 9.17) is 0 Å². The number of fused-ring (bicyclic) bond motifs is 1. The van der Waals surface area contributed by atoms with Crippen LogP contribution >= 0.6 is 0 Å². The van der Waals surface area contributed by atoms with Crippen molar-refractivity contribution in [2.75, 3.05) is 6.54 Å². The lowest BCUT2D eigenvalue weighted by molar-refractivity contribution is 0.0953. The van der Waals surface area contributed by atoms with E-state index in [0.29, 0.717) is 6.54 Å². The molecule has 0 radical (unpaired) electrons. The first-order chi connectivity index (χ1) is 12.3. The molecule has 1 heterocycles. The van der Waals surface area contributed by atoms with E-state index < -0.39 is 0 Å². The average molecular weight is 335 g/mol. The monoisotopic (exact) mass is 335 g/mol. The van der Waals surface area contributed by atoms with Crippen LogP contribution in [0.4, 0.5) is 0 Å². The highest BCUT2D eigenvalue weighted by molar-refractivity contribution is 5.94. The third kappa shape index (κ3) is 4.47. The van der Waals surface area contributed by atoms with E-state index in [0.717, 1.165) is 36.0 Å². The minimum atomic E-state index is -0.00229. The summed E-state index contributed by atoms with van der Waals surface area (Å²) in [4.78, 5) is 16.6. The number of imidazole rings is 1. The molecule has 3 aromatic rings. The Kier molecular flexibility index (Phi) is 5.83. The van der Waals surface area contributed by atoms with Gasteiger partial charge >= 0.3 is 0 Å². The van der Waals surface area contributed by atoms with Crippen LogP contribution in [-0.2, 0) is 13.0 Å². The van der Waals surface area contributed by atoms with Gasteiger partial charge in [-0.3, -0.25) is 4.79 Å². The van der Waals surface area contributed by atoms with Gasteiger partial charge in [-0.1, -0.05) is 37.6 Å². The Balaban J connectivity index is 1.46. The van der Waals surface area contributed by atoms with Gasteiger partial charge in [-0.05, 0) is 49.1 Å². The van der Waals surface area contributed by atoms with Crippen molar-refractivity contribution in [2.24, 2.45) is 0 Å². The maximum atomic E-state index is 12.2. The summed E-state index contributed by atoms with van der Waals surface area (Å²) in [6.45, 7) is 3.69. The zero-order valence-corrected chi connectivity index (χ0v) is 14.7. The zero-order valence-electron chi connectivity index (χ0n) is 14.7. The Labute approximate surface area is 148 Å². The Morgan fingerprint density at radius 1 is 1.08 bits per heavy atom. The van der Waals surface area contributed by atoms with Gasteiger partial charge in [0.25, 0.3) is 5.91 Å². The molecular weight excluding hydrogens is 310 g/mol. The molecule has 1 aromatic heterocycles. The molecule has 1 amide bonds. The first kappa shape index (κ1) is 17.2. The first-order valence-corrected chi connectivity index (χ1v) is 9.05. The highest BCUT2D eigenvalue weighted by Crippen LogP contribution is 2.12. The Bertz CT molecular complexity index is 821. The Hall–Kier alpha value is -2.62. The van der Waals surface area contributed by atoms with E-state index in [1.807, 2.05) is 36.7 Å². The van der Waals surface area contributed by atoms with Crippen molar-refractivity contribution in [1.82, 2.24) is 14.9 Å². The molecule has 0 spiro atoms. The minimum absolute atomic E-state index is 0.00229. The number of amides is 1. The predicted molar refractivity (Wildman–Crippen MR) is 102 cm³/mol. The summed E-state index contributed by atoms with van der Waals surface area (Å²) in [5, 5.41) is 3.00. The van der Waals surface area contributed by atoms with Gasteiger partial charge in [-0.2, -0.15) is 0 Å². The van der Waals surface area contributed by atoms with Crippen molar-refractivity contribution < 1.29 is 4.79 Å². The summed E-state index contributed by atoms with van der Waals surface area (Å²) in [6, 6.07) is 16.1. The molecule has 0 fully saturated rings. The second-order valence-corrected chi connectivity index (χ2v) is 6.34. The highest BCUT2D eigenvalue weighted by atomic mass is 16.1. The Morgan fingerprint density at radius 2 is 1.88 bits per heavy atom. The number of carbonyl (C=O) groups excluding carboxylic acids is 1. The number of aromatic nitrogens is 2. The molecule has 0 aliphatic rings. The summed E-state index contributed by atoms with van der Waals surface area (Å²) in [5.41, 5.74) is 4.17. The standard InChI is InChI=1S/C21H25N3O/c1-2-3-7-17-10-12-18(13-11-17)21(25)22-14-6-15-24-16-23-19-8-4-5-9-20(19)24/h4-5,8-13,16H,2-3,6-7,14-15H2,1H3,(H,22,25). The zero-order chi connectivity index (χ0) is 17.5. The molecule has 0 aliphatic heterocycles. The van der Waals surface area contributed by atoms with Crippen LogP contribution in [0.1, 0.15) is 42.1 Å². The quantitative estimate of drug-likeness (QED) is 0.627. The summed E-state index contributed by atoms with van der Waals surface area (Å²) in [7, 11) is 0. The van der Waals surface area contributed by atoms with Crippen LogP contribution in [0.5, 0.6) is 0 Å². The van der Waals surface area contributed by atoms with Gasteiger partial charge in [-0.25, -0.2) is 4.98 Å². The molecule has 0 aliphatic carbocycles. The van der Waals surface area contributed by atoms with Crippen LogP contribution in [0.2, 0.25) is 0 Å². The molecule has 2 aromatic carbocycles. The van der Waals surface area contributed by atoms with Crippen molar-refractivity contribution in [3.63, 3.8) is 0 Å². The molecule has 0 saturated carbocycles. The minimum Gasteiger partial charge on any atom is -0.352 e. The van der Waals surface area contributed by atoms with E-state index in [2.05, 4.69) is 40.0 Å². The number of rotatable bonds is 8. The third-order valence-corrected chi connectivity index (χ3v) is 4.42. The summed E-state index contributed by atoms with van der Waals surface area (Å²) >= 11 is 0. The number of benzene rings is 2. The SMILES string of the molecule is CCCCc1ccc(C(=O)NCCCn2cnc3ccccc32)cc1. The van der Waals surface area contributed by atoms with E-state index in [1.54, 1.807) is 0 Å². The van der Waals surface area contributed by atoms with Gasteiger partial charge in [0, 0.05) is 18.7 Å². The predicted octanol–water partition coefficient (Wildman–Crippen LogP) is 4.20. The fourth-order valence-corrected chi connectivity index (χ4v) is 2.95. The lowest BCUT2D eigenvalue weighted by atomic mass is 10.1. The van der Waals surface area contributed by atoms with E-state index >= 15 is 0 Å². The van der Waals surface area contributed by atoms with Crippen molar-refractivity contribution in [3.8, 4) is 0 Å². The van der Waals surface area contributed by atoms with E-state index in [1.165, 1.54) is 18.4 Å². The van der Waals surface area contributed by atoms with Crippen LogP contribution in [-0.4, -0.2) is 22.0 Å². The molecule has 4 nitrogen and oxygen atoms in total. The van der Waals surface area contributed by atoms with Crippen LogP contribution < -0.4 is 5.32 Å². The topological polar surface area (TPSA) is 46.9 Å². The second-order valence-electron chi connectivity index (χ2n) is 6.34. The molecule has 0 saturated heterocycles. The second kappa shape index (κ2) is 8.47. The van der Waals surface area contributed by atoms with Crippen molar-refractivity contribution >= 4 is 16.9 Å². The number of hydrogen-bond donors (Lipinski definition) is 1. The van der Waals surface area contributed by atoms with Crippen LogP contribution in [0.25, 0.3) is 11.0 Å². The van der Waals surface area contributed by atoms with Crippen LogP contribution in [0, 0.1) is 0 Å². The molecule has 0 atom stereocenters. The number of para-hydroxylation sites is 2. The third-order valence-electron chi connectivity index (χ3n) is 4.42. The molecule has 25 heavy (non-hydrogen) atoms. The normalized spacial score (nSPS) is 10.9. The molecule has 0 unspecified atom stereocenters. The summed E-state index contributed by atoms with van der Waals surface area (Å²) in [5.74, 6) is -0.00229. The van der Waals surface area contributed by atoms with E-state index in [9.17, 15) is 4.79 Å². The van der Waals surface area contributed by atoms with Gasteiger partial charge in [0.05, 0.1) is 17.4 Å². The summed E-state index contributed by atoms with van der Waals surface area (Å²) in [6.07, 6.45) is 6.20. The van der Waals surface area contributed by atoms with Gasteiger partial charge in [0.2, 0.25) is 0 Å². The molecule has 1 N–H and O–H groups in total. The number of aryl methyl sites for hydroxylation is 2. The van der Waals surface area contributed by atoms with Crippen molar-refractivity contribution in [1.29, 1.82) is 0 Å². The lowest BCUT2D eigenvalue weighted by Crippen LogP contribution is -2.25. The highest BCUT2D eigenvalue weighted by Gasteiger charge is 2.05. The number of carbonyl (C=O) groups is 1. The fourth-order valence-electron chi connectivity index (χ4n) is 2.95. The Morgan fingerprint density at radius 3 is 2.68 bits per heavy atom. The van der Waals surface area contributed by atoms with Crippen LogP contribution in [0.3, 0.4) is 0 Å². The first-order valence-electron chi connectivity index (χ1n) is 9.05. The maximum Gasteiger partial charge on any atom is 0.251 e. The van der Waals surface area contributed by atoms with Gasteiger partial charge < -0.3 is 9.88 Å².